The van der Waals surface area contributed by atoms with Gasteiger partial charge in [0.15, 0.2) is 0 Å². The Labute approximate surface area is 159 Å². The van der Waals surface area contributed by atoms with Gasteiger partial charge in [0.2, 0.25) is 0 Å². The summed E-state index contributed by atoms with van der Waals surface area (Å²) in [5.74, 6) is 0. The van der Waals surface area contributed by atoms with Crippen LogP contribution in [0.15, 0.2) is 60.8 Å². The standard InChI is InChI=1S/C19H10F6N2O2/c20-18(21,22)13-5-1-3-11(9-13)15-7-8-26-16(17(15)27(28)29)12-4-2-6-14(10-12)19(23,24)25/h1-10H. The number of nitro groups is 1. The van der Waals surface area contributed by atoms with Crippen LogP contribution in [0.1, 0.15) is 11.1 Å². The SMILES string of the molecule is O=[N+]([O-])c1c(-c2cccc(C(F)(F)F)c2)ccnc1-c1cccc(C(F)(F)F)c1. The van der Waals surface area contributed by atoms with Gasteiger partial charge in [0, 0.05) is 11.8 Å². The van der Waals surface area contributed by atoms with Crippen molar-refractivity contribution in [3.63, 3.8) is 0 Å². The van der Waals surface area contributed by atoms with Crippen LogP contribution in [-0.2, 0) is 12.4 Å². The molecule has 0 saturated heterocycles. The van der Waals surface area contributed by atoms with Crippen molar-refractivity contribution in [3.8, 4) is 22.4 Å². The molecule has 0 saturated carbocycles. The highest BCUT2D eigenvalue weighted by Crippen LogP contribution is 2.40. The van der Waals surface area contributed by atoms with Crippen LogP contribution in [0.25, 0.3) is 22.4 Å². The molecule has 150 valence electrons. The third-order valence-corrected chi connectivity index (χ3v) is 4.07. The first kappa shape index (κ1) is 20.3. The zero-order valence-corrected chi connectivity index (χ0v) is 14.3. The third kappa shape index (κ3) is 4.20. The lowest BCUT2D eigenvalue weighted by atomic mass is 9.98. The lowest BCUT2D eigenvalue weighted by Gasteiger charge is -2.12. The Hall–Kier alpha value is -3.43. The smallest absolute Gasteiger partial charge is 0.258 e. The van der Waals surface area contributed by atoms with Crippen LogP contribution in [0.5, 0.6) is 0 Å². The van der Waals surface area contributed by atoms with E-state index in [1.807, 2.05) is 0 Å². The first-order chi connectivity index (χ1) is 13.5. The third-order valence-electron chi connectivity index (χ3n) is 4.07. The molecule has 0 radical (unpaired) electrons. The van der Waals surface area contributed by atoms with Crippen LogP contribution in [0, 0.1) is 10.1 Å². The van der Waals surface area contributed by atoms with Crippen molar-refractivity contribution in [1.29, 1.82) is 0 Å². The maximum absolute atomic E-state index is 13.0. The number of rotatable bonds is 3. The van der Waals surface area contributed by atoms with Crippen molar-refractivity contribution >= 4 is 5.69 Å². The van der Waals surface area contributed by atoms with Crippen molar-refractivity contribution in [2.24, 2.45) is 0 Å². The van der Waals surface area contributed by atoms with Gasteiger partial charge in [0.25, 0.3) is 0 Å². The van der Waals surface area contributed by atoms with E-state index in [4.69, 9.17) is 0 Å². The van der Waals surface area contributed by atoms with Gasteiger partial charge in [-0.2, -0.15) is 26.3 Å². The molecule has 3 rings (SSSR count). The normalized spacial score (nSPS) is 12.1. The summed E-state index contributed by atoms with van der Waals surface area (Å²) >= 11 is 0. The molecule has 0 N–H and O–H groups in total. The van der Waals surface area contributed by atoms with E-state index in [9.17, 15) is 36.5 Å². The molecule has 10 heteroatoms. The van der Waals surface area contributed by atoms with Gasteiger partial charge in [-0.25, -0.2) is 4.98 Å². The minimum Gasteiger partial charge on any atom is -0.258 e. The molecule has 0 unspecified atom stereocenters. The van der Waals surface area contributed by atoms with Crippen LogP contribution < -0.4 is 0 Å². The Balaban J connectivity index is 2.23. The van der Waals surface area contributed by atoms with Crippen molar-refractivity contribution in [2.45, 2.75) is 12.4 Å². The topological polar surface area (TPSA) is 56.0 Å². The lowest BCUT2D eigenvalue weighted by molar-refractivity contribution is -0.383. The zero-order chi connectivity index (χ0) is 21.4. The number of alkyl halides is 6. The molecule has 0 bridgehead atoms. The van der Waals surface area contributed by atoms with Crippen LogP contribution in [-0.4, -0.2) is 9.91 Å². The predicted octanol–water partition coefficient (Wildman–Crippen LogP) is 6.36. The molecule has 0 aliphatic carbocycles. The van der Waals surface area contributed by atoms with Crippen LogP contribution >= 0.6 is 0 Å². The summed E-state index contributed by atoms with van der Waals surface area (Å²) in [6, 6.07) is 8.80. The number of pyridine rings is 1. The van der Waals surface area contributed by atoms with Gasteiger partial charge in [0.05, 0.1) is 21.6 Å². The highest BCUT2D eigenvalue weighted by molar-refractivity contribution is 5.83. The highest BCUT2D eigenvalue weighted by Gasteiger charge is 2.33. The van der Waals surface area contributed by atoms with Crippen LogP contribution in [0.3, 0.4) is 0 Å². The number of halogens is 6. The second-order valence-electron chi connectivity index (χ2n) is 5.97. The van der Waals surface area contributed by atoms with E-state index >= 15 is 0 Å². The predicted molar refractivity (Wildman–Crippen MR) is 91.8 cm³/mol. The fourth-order valence-corrected chi connectivity index (χ4v) is 2.79. The van der Waals surface area contributed by atoms with E-state index in [0.717, 1.165) is 42.6 Å². The van der Waals surface area contributed by atoms with E-state index < -0.39 is 34.1 Å². The summed E-state index contributed by atoms with van der Waals surface area (Å²) in [7, 11) is 0. The van der Waals surface area contributed by atoms with E-state index in [-0.39, 0.29) is 22.4 Å². The molecule has 1 heterocycles. The Morgan fingerprint density at radius 2 is 1.31 bits per heavy atom. The van der Waals surface area contributed by atoms with Gasteiger partial charge >= 0.3 is 18.0 Å². The first-order valence-corrected chi connectivity index (χ1v) is 7.97. The molecule has 0 fully saturated rings. The minimum atomic E-state index is -4.68. The van der Waals surface area contributed by atoms with E-state index in [0.29, 0.717) is 6.07 Å². The van der Waals surface area contributed by atoms with E-state index in [1.165, 1.54) is 12.1 Å². The molecular formula is C19H10F6N2O2. The monoisotopic (exact) mass is 412 g/mol. The average Bonchev–Trinajstić information content (AvgIpc) is 2.66. The number of hydrogen-bond acceptors (Lipinski definition) is 3. The van der Waals surface area contributed by atoms with E-state index in [2.05, 4.69) is 4.98 Å². The maximum Gasteiger partial charge on any atom is 0.416 e. The molecule has 0 atom stereocenters. The fourth-order valence-electron chi connectivity index (χ4n) is 2.79. The molecule has 0 spiro atoms. The van der Waals surface area contributed by atoms with Gasteiger partial charge in [-0.05, 0) is 35.9 Å². The number of hydrogen-bond donors (Lipinski definition) is 0. The number of benzene rings is 2. The molecule has 29 heavy (non-hydrogen) atoms. The molecule has 3 aromatic rings. The Morgan fingerprint density at radius 1 is 0.793 bits per heavy atom. The van der Waals surface area contributed by atoms with Gasteiger partial charge in [-0.1, -0.05) is 24.3 Å². The fraction of sp³-hybridized carbons (Fsp3) is 0.105. The van der Waals surface area contributed by atoms with Gasteiger partial charge in [0.1, 0.15) is 5.69 Å². The van der Waals surface area contributed by atoms with E-state index in [1.54, 1.807) is 0 Å². The quantitative estimate of drug-likeness (QED) is 0.286. The number of aromatic nitrogens is 1. The van der Waals surface area contributed by atoms with Crippen molar-refractivity contribution in [2.75, 3.05) is 0 Å². The van der Waals surface area contributed by atoms with Gasteiger partial charge < -0.3 is 0 Å². The largest absolute Gasteiger partial charge is 0.416 e. The molecule has 4 nitrogen and oxygen atoms in total. The molecule has 0 aliphatic heterocycles. The second kappa shape index (κ2) is 7.19. The summed E-state index contributed by atoms with van der Waals surface area (Å²) in [6.45, 7) is 0. The summed E-state index contributed by atoms with van der Waals surface area (Å²) in [6.07, 6.45) is -8.25. The summed E-state index contributed by atoms with van der Waals surface area (Å²) < 4.78 is 77.9. The average molecular weight is 412 g/mol. The highest BCUT2D eigenvalue weighted by atomic mass is 19.4. The lowest BCUT2D eigenvalue weighted by Crippen LogP contribution is -2.06. The maximum atomic E-state index is 13.0. The second-order valence-corrected chi connectivity index (χ2v) is 5.97. The molecule has 0 aliphatic rings. The summed E-state index contributed by atoms with van der Waals surface area (Å²) in [4.78, 5) is 14.6. The first-order valence-electron chi connectivity index (χ1n) is 7.97. The molecule has 1 aromatic heterocycles. The summed E-state index contributed by atoms with van der Waals surface area (Å²) in [5, 5.41) is 11.7. The molecular weight excluding hydrogens is 402 g/mol. The van der Waals surface area contributed by atoms with Crippen molar-refractivity contribution in [3.05, 3.63) is 82.0 Å². The minimum absolute atomic E-state index is 0.109. The van der Waals surface area contributed by atoms with Crippen LogP contribution in [0.2, 0.25) is 0 Å². The van der Waals surface area contributed by atoms with Crippen molar-refractivity contribution < 1.29 is 31.3 Å². The summed E-state index contributed by atoms with van der Waals surface area (Å²) in [5.41, 5.74) is -3.59. The van der Waals surface area contributed by atoms with Crippen LogP contribution in [0.4, 0.5) is 32.0 Å². The zero-order valence-electron chi connectivity index (χ0n) is 14.3. The molecule has 0 amide bonds. The van der Waals surface area contributed by atoms with Gasteiger partial charge in [-0.3, -0.25) is 10.1 Å². The molecule has 2 aromatic carbocycles. The Morgan fingerprint density at radius 3 is 1.83 bits per heavy atom. The van der Waals surface area contributed by atoms with Gasteiger partial charge in [-0.15, -0.1) is 0 Å². The Bertz CT molecular complexity index is 1000. The number of nitrogens with zero attached hydrogens (tertiary/aromatic N) is 2. The van der Waals surface area contributed by atoms with Crippen molar-refractivity contribution in [1.82, 2.24) is 4.98 Å². The Kier molecular flexibility index (Phi) is 5.04.